The van der Waals surface area contributed by atoms with Crippen LogP contribution in [-0.2, 0) is 0 Å². The van der Waals surface area contributed by atoms with E-state index in [1.54, 1.807) is 20.4 Å². The molecule has 0 amide bonds. The molecule has 0 bridgehead atoms. The zero-order valence-electron chi connectivity index (χ0n) is 16.7. The van der Waals surface area contributed by atoms with Crippen molar-refractivity contribution in [2.75, 3.05) is 14.2 Å². The van der Waals surface area contributed by atoms with Crippen molar-refractivity contribution < 1.29 is 9.47 Å². The number of ether oxygens (including phenoxy) is 2. The van der Waals surface area contributed by atoms with Gasteiger partial charge < -0.3 is 9.47 Å². The molecule has 1 heterocycles. The van der Waals surface area contributed by atoms with Crippen LogP contribution >= 0.6 is 11.3 Å². The van der Waals surface area contributed by atoms with Crippen molar-refractivity contribution in [3.8, 4) is 28.4 Å². The van der Waals surface area contributed by atoms with Gasteiger partial charge in [0.05, 0.1) is 26.1 Å². The van der Waals surface area contributed by atoms with Crippen LogP contribution in [0.4, 0.5) is 0 Å². The van der Waals surface area contributed by atoms with Crippen LogP contribution in [-0.4, -0.2) is 25.0 Å². The van der Waals surface area contributed by atoms with Gasteiger partial charge in [0, 0.05) is 16.6 Å². The Kier molecular flexibility index (Phi) is 6.06. The van der Waals surface area contributed by atoms with Gasteiger partial charge in [-0.3, -0.25) is 4.57 Å². The minimum atomic E-state index is 0.682. The van der Waals surface area contributed by atoms with Gasteiger partial charge in [-0.05, 0) is 35.9 Å². The molecule has 0 saturated carbocycles. The predicted octanol–water partition coefficient (Wildman–Crippen LogP) is 5.16. The van der Waals surface area contributed by atoms with E-state index in [4.69, 9.17) is 9.47 Å². The first-order chi connectivity index (χ1) is 14.8. The maximum atomic E-state index is 5.49. The Morgan fingerprint density at radius 3 is 2.23 bits per heavy atom. The van der Waals surface area contributed by atoms with Crippen LogP contribution in [0.1, 0.15) is 5.56 Å². The lowest BCUT2D eigenvalue weighted by atomic mass is 10.1. The molecule has 0 fully saturated rings. The minimum absolute atomic E-state index is 0.682. The van der Waals surface area contributed by atoms with E-state index >= 15 is 0 Å². The van der Waals surface area contributed by atoms with Crippen LogP contribution in [0, 0.1) is 0 Å². The maximum Gasteiger partial charge on any atom is 0.215 e. The van der Waals surface area contributed by atoms with Crippen LogP contribution in [0.25, 0.3) is 16.9 Å². The number of hydrogen-bond acceptors (Lipinski definition) is 5. The van der Waals surface area contributed by atoms with Crippen molar-refractivity contribution in [3.05, 3.63) is 94.6 Å². The standard InChI is InChI=1S/C24H21N3O2S/c1-28-22-14-13-19(15-23(22)29-2)21-17-30-24(27(21)20-11-7-4-8-12-20)26-25-16-18-9-5-3-6-10-18/h3-17H,1-2H3/b25-16+,26-24+. The van der Waals surface area contributed by atoms with Gasteiger partial charge in [0.1, 0.15) is 0 Å². The predicted molar refractivity (Wildman–Crippen MR) is 122 cm³/mol. The molecule has 0 aliphatic heterocycles. The van der Waals surface area contributed by atoms with Gasteiger partial charge in [0.15, 0.2) is 11.5 Å². The largest absolute Gasteiger partial charge is 0.493 e. The van der Waals surface area contributed by atoms with Gasteiger partial charge in [-0.1, -0.05) is 48.5 Å². The average Bonchev–Trinajstić information content (AvgIpc) is 3.23. The summed E-state index contributed by atoms with van der Waals surface area (Å²) in [6, 6.07) is 25.9. The second-order valence-electron chi connectivity index (χ2n) is 6.40. The summed E-state index contributed by atoms with van der Waals surface area (Å²) in [6.45, 7) is 0. The number of nitrogens with zero attached hydrogens (tertiary/aromatic N) is 3. The smallest absolute Gasteiger partial charge is 0.215 e. The molecule has 0 aliphatic carbocycles. The topological polar surface area (TPSA) is 48.1 Å². The third-order valence-electron chi connectivity index (χ3n) is 4.55. The highest BCUT2D eigenvalue weighted by Gasteiger charge is 2.13. The Labute approximate surface area is 179 Å². The summed E-state index contributed by atoms with van der Waals surface area (Å²) in [6.07, 6.45) is 1.76. The number of hydrogen-bond donors (Lipinski definition) is 0. The molecule has 5 nitrogen and oxygen atoms in total. The molecular formula is C24H21N3O2S. The SMILES string of the molecule is COc1ccc(-c2cs/c(=N/N=C/c3ccccc3)n2-c2ccccc2)cc1OC. The van der Waals surface area contributed by atoms with Crippen LogP contribution < -0.4 is 14.3 Å². The van der Waals surface area contributed by atoms with Gasteiger partial charge in [0.25, 0.3) is 0 Å². The Morgan fingerprint density at radius 2 is 1.53 bits per heavy atom. The van der Waals surface area contributed by atoms with Crippen molar-refractivity contribution in [1.29, 1.82) is 0 Å². The summed E-state index contributed by atoms with van der Waals surface area (Å²) < 4.78 is 13.0. The van der Waals surface area contributed by atoms with Crippen molar-refractivity contribution in [1.82, 2.24) is 4.57 Å². The van der Waals surface area contributed by atoms with Crippen LogP contribution in [0.5, 0.6) is 11.5 Å². The summed E-state index contributed by atoms with van der Waals surface area (Å²) in [5, 5.41) is 10.9. The second kappa shape index (κ2) is 9.24. The molecular weight excluding hydrogens is 394 g/mol. The monoisotopic (exact) mass is 415 g/mol. The van der Waals surface area contributed by atoms with Crippen LogP contribution in [0.15, 0.2) is 94.4 Å². The Hall–Kier alpha value is -3.64. The number of rotatable bonds is 6. The van der Waals surface area contributed by atoms with Gasteiger partial charge in [-0.25, -0.2) is 0 Å². The molecule has 0 saturated heterocycles. The summed E-state index contributed by atoms with van der Waals surface area (Å²) in [5.41, 5.74) is 4.02. The molecule has 0 atom stereocenters. The first-order valence-corrected chi connectivity index (χ1v) is 10.3. The Bertz CT molecular complexity index is 1210. The lowest BCUT2D eigenvalue weighted by molar-refractivity contribution is 0.355. The highest BCUT2D eigenvalue weighted by Crippen LogP contribution is 2.33. The van der Waals surface area contributed by atoms with E-state index in [0.717, 1.165) is 27.3 Å². The van der Waals surface area contributed by atoms with E-state index in [0.29, 0.717) is 11.5 Å². The fourth-order valence-electron chi connectivity index (χ4n) is 3.09. The third-order valence-corrected chi connectivity index (χ3v) is 5.37. The zero-order chi connectivity index (χ0) is 20.8. The van der Waals surface area contributed by atoms with E-state index < -0.39 is 0 Å². The number of para-hydroxylation sites is 1. The third kappa shape index (κ3) is 4.18. The fraction of sp³-hybridized carbons (Fsp3) is 0.0833. The van der Waals surface area contributed by atoms with E-state index in [-0.39, 0.29) is 0 Å². The molecule has 150 valence electrons. The second-order valence-corrected chi connectivity index (χ2v) is 7.24. The quantitative estimate of drug-likeness (QED) is 0.323. The molecule has 0 unspecified atom stereocenters. The van der Waals surface area contributed by atoms with Crippen molar-refractivity contribution in [2.24, 2.45) is 10.2 Å². The lowest BCUT2D eigenvalue weighted by Crippen LogP contribution is -2.13. The first kappa shape index (κ1) is 19.7. The highest BCUT2D eigenvalue weighted by molar-refractivity contribution is 7.07. The van der Waals surface area contributed by atoms with E-state index in [1.165, 1.54) is 11.3 Å². The molecule has 0 spiro atoms. The first-order valence-electron chi connectivity index (χ1n) is 9.40. The van der Waals surface area contributed by atoms with E-state index in [1.807, 2.05) is 66.7 Å². The molecule has 3 aromatic carbocycles. The van der Waals surface area contributed by atoms with Crippen molar-refractivity contribution >= 4 is 17.6 Å². The lowest BCUT2D eigenvalue weighted by Gasteiger charge is -2.12. The van der Waals surface area contributed by atoms with Gasteiger partial charge in [0.2, 0.25) is 4.80 Å². The van der Waals surface area contributed by atoms with Gasteiger partial charge >= 0.3 is 0 Å². The molecule has 0 aliphatic rings. The van der Waals surface area contributed by atoms with Crippen molar-refractivity contribution in [2.45, 2.75) is 0 Å². The van der Waals surface area contributed by atoms with E-state index in [9.17, 15) is 0 Å². The Morgan fingerprint density at radius 1 is 0.833 bits per heavy atom. The minimum Gasteiger partial charge on any atom is -0.493 e. The normalized spacial score (nSPS) is 11.7. The number of benzene rings is 3. The molecule has 4 aromatic rings. The number of aromatic nitrogens is 1. The van der Waals surface area contributed by atoms with Gasteiger partial charge in [-0.2, -0.15) is 5.10 Å². The Balaban J connectivity index is 1.83. The molecule has 1 aromatic heterocycles. The molecule has 30 heavy (non-hydrogen) atoms. The maximum absolute atomic E-state index is 5.49. The summed E-state index contributed by atoms with van der Waals surface area (Å²) in [4.78, 5) is 0.776. The summed E-state index contributed by atoms with van der Waals surface area (Å²) in [5.74, 6) is 1.38. The van der Waals surface area contributed by atoms with Crippen LogP contribution in [0.2, 0.25) is 0 Å². The van der Waals surface area contributed by atoms with E-state index in [2.05, 4.69) is 32.3 Å². The zero-order valence-corrected chi connectivity index (χ0v) is 17.5. The molecule has 0 N–H and O–H groups in total. The average molecular weight is 416 g/mol. The number of thiazole rings is 1. The summed E-state index contributed by atoms with van der Waals surface area (Å²) >= 11 is 1.53. The highest BCUT2D eigenvalue weighted by atomic mass is 32.1. The summed E-state index contributed by atoms with van der Waals surface area (Å²) in [7, 11) is 3.27. The fourth-order valence-corrected chi connectivity index (χ4v) is 3.95. The van der Waals surface area contributed by atoms with Crippen LogP contribution in [0.3, 0.4) is 0 Å². The number of methoxy groups -OCH3 is 2. The molecule has 6 heteroatoms. The molecule has 4 rings (SSSR count). The van der Waals surface area contributed by atoms with Crippen molar-refractivity contribution in [3.63, 3.8) is 0 Å². The molecule has 0 radical (unpaired) electrons. The van der Waals surface area contributed by atoms with Gasteiger partial charge in [-0.15, -0.1) is 16.4 Å².